The molecule has 0 aliphatic carbocycles. The molecule has 3 unspecified atom stereocenters. The summed E-state index contributed by atoms with van der Waals surface area (Å²) in [4.78, 5) is 27.4. The molecule has 2 amide bonds. The Hall–Kier alpha value is -3.10. The van der Waals surface area contributed by atoms with E-state index in [4.69, 9.17) is 24.7 Å². The van der Waals surface area contributed by atoms with Crippen LogP contribution in [-0.2, 0) is 18.9 Å². The van der Waals surface area contributed by atoms with Crippen molar-refractivity contribution < 1.29 is 33.6 Å². The quantitative estimate of drug-likeness (QED) is 0.156. The molecule has 0 bridgehead atoms. The number of halogens is 3. The topological polar surface area (TPSA) is 136 Å². The Labute approximate surface area is 399 Å². The van der Waals surface area contributed by atoms with E-state index in [1.165, 1.54) is 16.7 Å². The Morgan fingerprint density at radius 2 is 0.984 bits per heavy atom. The van der Waals surface area contributed by atoms with Crippen LogP contribution in [0.2, 0.25) is 0 Å². The van der Waals surface area contributed by atoms with Crippen LogP contribution in [0, 0.1) is 0 Å². The number of hydrogen-bond donors (Lipinski definition) is 3. The minimum absolute atomic E-state index is 0. The van der Waals surface area contributed by atoms with Crippen molar-refractivity contribution in [3.05, 3.63) is 102 Å². The monoisotopic (exact) mass is 982 g/mol. The lowest BCUT2D eigenvalue weighted by atomic mass is 10.1. The molecule has 3 aromatic rings. The first-order valence-corrected chi connectivity index (χ1v) is 23.0. The van der Waals surface area contributed by atoms with Crippen LogP contribution in [0.15, 0.2) is 84.9 Å². The summed E-state index contributed by atoms with van der Waals surface area (Å²) in [5.41, 5.74) is 9.18. The number of hydrogen-bond acceptors (Lipinski definition) is 9. The van der Waals surface area contributed by atoms with Gasteiger partial charge in [-0.15, -0.1) is 24.8 Å². The van der Waals surface area contributed by atoms with Crippen LogP contribution in [-0.4, -0.2) is 95.9 Å². The van der Waals surface area contributed by atoms with Gasteiger partial charge >= 0.3 is 12.2 Å². The molecule has 3 atom stereocenters. The molecule has 0 radical (unpaired) electrons. The first-order valence-electron chi connectivity index (χ1n) is 22.0. The fourth-order valence-corrected chi connectivity index (χ4v) is 7.06. The predicted octanol–water partition coefficient (Wildman–Crippen LogP) is 11.6. The van der Waals surface area contributed by atoms with Crippen LogP contribution in [0.25, 0.3) is 0 Å². The van der Waals surface area contributed by atoms with Gasteiger partial charge in [0, 0.05) is 36.7 Å². The molecule has 3 fully saturated rings. The Morgan fingerprint density at radius 3 is 1.35 bits per heavy atom. The summed E-state index contributed by atoms with van der Waals surface area (Å²) >= 11 is 3.47. The summed E-state index contributed by atoms with van der Waals surface area (Å²) in [7, 11) is 0. The van der Waals surface area contributed by atoms with Crippen LogP contribution in [0.3, 0.4) is 0 Å². The molecule has 14 heteroatoms. The molecular formula is C49H77BrCl2N4O7. The first-order chi connectivity index (χ1) is 28.8. The number of carbonyl (C=O) groups excluding carboxylic acids is 2. The number of rotatable bonds is 7. The van der Waals surface area contributed by atoms with E-state index in [1.807, 2.05) is 90.1 Å². The average Bonchev–Trinajstić information content (AvgIpc) is 3.22. The van der Waals surface area contributed by atoms with Crippen molar-refractivity contribution in [1.82, 2.24) is 15.1 Å². The molecule has 356 valence electrons. The van der Waals surface area contributed by atoms with Crippen molar-refractivity contribution in [2.75, 3.05) is 45.0 Å². The van der Waals surface area contributed by atoms with Gasteiger partial charge in [-0.05, 0) is 143 Å². The van der Waals surface area contributed by atoms with Gasteiger partial charge in [-0.25, -0.2) is 9.59 Å². The van der Waals surface area contributed by atoms with Crippen LogP contribution < -0.4 is 11.1 Å². The Morgan fingerprint density at radius 1 is 0.619 bits per heavy atom. The maximum atomic E-state index is 12.0. The first kappa shape index (κ1) is 57.9. The van der Waals surface area contributed by atoms with E-state index >= 15 is 0 Å². The average molecular weight is 985 g/mol. The molecular weight excluding hydrogens is 907 g/mol. The number of benzene rings is 3. The zero-order valence-corrected chi connectivity index (χ0v) is 42.3. The number of anilines is 1. The van der Waals surface area contributed by atoms with Gasteiger partial charge in [-0.2, -0.15) is 0 Å². The standard InChI is InChI=1S/C18H27NO3.C13H19NO.C10H19NO3.C8H10BrN.2ClH/c1-14(15-8-6-5-7-9-15)21-16-10-12-19(13-11-16)17(20)22-18(2,3)4;1-11(12-5-3-2-4-6-12)15-13-7-9-14-10-8-13;1-10(2,3)14-9(13)11-6-4-8(12)5-7-11;1-6(9)7-2-4-8(10)5-3-7;;/h5-9,14,16H,10-13H2,1-4H3;2-6,11,13-14H,7-10H2,1H3;8,12H,4-7H2,1-3H3;2-6H,10H2,1H3;2*1H. The van der Waals surface area contributed by atoms with Crippen molar-refractivity contribution in [3.63, 3.8) is 0 Å². The number of amides is 2. The van der Waals surface area contributed by atoms with Gasteiger partial charge in [0.05, 0.1) is 30.5 Å². The zero-order chi connectivity index (χ0) is 45.0. The van der Waals surface area contributed by atoms with Gasteiger partial charge < -0.3 is 44.9 Å². The van der Waals surface area contributed by atoms with Crippen molar-refractivity contribution in [2.45, 2.75) is 147 Å². The van der Waals surface area contributed by atoms with Crippen LogP contribution >= 0.6 is 40.7 Å². The highest BCUT2D eigenvalue weighted by atomic mass is 79.9. The van der Waals surface area contributed by atoms with E-state index in [0.29, 0.717) is 50.0 Å². The van der Waals surface area contributed by atoms with E-state index in [0.717, 1.165) is 44.5 Å². The maximum absolute atomic E-state index is 12.0. The lowest BCUT2D eigenvalue weighted by Gasteiger charge is -2.34. The number of nitrogens with zero attached hydrogens (tertiary/aromatic N) is 2. The number of nitrogens with one attached hydrogen (secondary N) is 1. The fraction of sp³-hybridized carbons (Fsp3) is 0.592. The third kappa shape index (κ3) is 24.1. The predicted molar refractivity (Wildman–Crippen MR) is 264 cm³/mol. The van der Waals surface area contributed by atoms with Gasteiger partial charge in [0.1, 0.15) is 11.2 Å². The zero-order valence-electron chi connectivity index (χ0n) is 39.1. The number of alkyl halides is 1. The second-order valence-corrected chi connectivity index (χ2v) is 19.3. The number of nitrogens with two attached hydrogens (primary N) is 1. The number of carbonyl (C=O) groups is 2. The smallest absolute Gasteiger partial charge is 0.410 e. The molecule has 3 aliphatic rings. The van der Waals surface area contributed by atoms with Gasteiger partial charge in [0.25, 0.3) is 0 Å². The number of piperidine rings is 3. The van der Waals surface area contributed by atoms with Crippen LogP contribution in [0.1, 0.15) is 135 Å². The molecule has 0 spiro atoms. The Bertz CT molecular complexity index is 1660. The van der Waals surface area contributed by atoms with Gasteiger partial charge in [-0.3, -0.25) is 0 Å². The van der Waals surface area contributed by atoms with E-state index in [1.54, 1.807) is 9.80 Å². The summed E-state index contributed by atoms with van der Waals surface area (Å²) < 4.78 is 22.8. The van der Waals surface area contributed by atoms with Crippen LogP contribution in [0.4, 0.5) is 15.3 Å². The molecule has 4 N–H and O–H groups in total. The molecule has 3 aromatic carbocycles. The lowest BCUT2D eigenvalue weighted by molar-refractivity contribution is -0.0410. The van der Waals surface area contributed by atoms with Crippen LogP contribution in [0.5, 0.6) is 0 Å². The highest BCUT2D eigenvalue weighted by Gasteiger charge is 2.29. The molecule has 0 aromatic heterocycles. The number of aliphatic hydroxyl groups excluding tert-OH is 1. The summed E-state index contributed by atoms with van der Waals surface area (Å²) in [6, 6.07) is 28.5. The van der Waals surface area contributed by atoms with Crippen molar-refractivity contribution >= 4 is 58.6 Å². The van der Waals surface area contributed by atoms with Gasteiger partial charge in [0.15, 0.2) is 0 Å². The summed E-state index contributed by atoms with van der Waals surface area (Å²) in [6.45, 7) is 22.3. The molecule has 6 rings (SSSR count). The van der Waals surface area contributed by atoms with E-state index in [-0.39, 0.29) is 61.4 Å². The molecule has 63 heavy (non-hydrogen) atoms. The number of likely N-dealkylation sites (tertiary alicyclic amines) is 2. The van der Waals surface area contributed by atoms with Crippen molar-refractivity contribution in [2.24, 2.45) is 0 Å². The highest BCUT2D eigenvalue weighted by molar-refractivity contribution is 9.09. The maximum Gasteiger partial charge on any atom is 0.410 e. The normalized spacial score (nSPS) is 17.5. The SMILES string of the molecule is CC(Br)c1ccc(N)cc1.CC(C)(C)OC(=O)N1CCC(O)CC1.CC(OC1CCN(C(=O)OC(C)(C)C)CC1)c1ccccc1.CC(OC1CCNCC1)c1ccccc1.Cl.Cl. The summed E-state index contributed by atoms with van der Waals surface area (Å²) in [5, 5.41) is 12.6. The number of ether oxygens (including phenoxy) is 4. The molecule has 3 saturated heterocycles. The third-order valence-electron chi connectivity index (χ3n) is 10.2. The third-order valence-corrected chi connectivity index (χ3v) is 10.8. The van der Waals surface area contributed by atoms with Gasteiger partial charge in [0.2, 0.25) is 0 Å². The Balaban J connectivity index is 0.000000431. The number of nitrogen functional groups attached to an aromatic ring is 1. The fourth-order valence-electron chi connectivity index (χ4n) is 6.75. The lowest BCUT2D eigenvalue weighted by Crippen LogP contribution is -2.43. The molecule has 3 heterocycles. The minimum Gasteiger partial charge on any atom is -0.444 e. The van der Waals surface area contributed by atoms with E-state index in [2.05, 4.69) is 78.4 Å². The second-order valence-electron chi connectivity index (χ2n) is 18.0. The van der Waals surface area contributed by atoms with Crippen molar-refractivity contribution in [1.29, 1.82) is 0 Å². The highest BCUT2D eigenvalue weighted by Crippen LogP contribution is 2.25. The summed E-state index contributed by atoms with van der Waals surface area (Å²) in [5.74, 6) is 0. The molecule has 3 aliphatic heterocycles. The minimum atomic E-state index is -0.438. The molecule has 11 nitrogen and oxygen atoms in total. The van der Waals surface area contributed by atoms with Gasteiger partial charge in [-0.1, -0.05) is 88.7 Å². The number of aliphatic hydroxyl groups is 1. The Kier molecular flexibility index (Phi) is 27.1. The summed E-state index contributed by atoms with van der Waals surface area (Å²) in [6.07, 6.45) is 5.48. The second kappa shape index (κ2) is 29.4. The molecule has 0 saturated carbocycles. The van der Waals surface area contributed by atoms with E-state index < -0.39 is 11.2 Å². The van der Waals surface area contributed by atoms with E-state index in [9.17, 15) is 14.7 Å². The van der Waals surface area contributed by atoms with Crippen molar-refractivity contribution in [3.8, 4) is 0 Å². The largest absolute Gasteiger partial charge is 0.444 e.